The van der Waals surface area contributed by atoms with Crippen LogP contribution in [-0.2, 0) is 6.42 Å². The van der Waals surface area contributed by atoms with E-state index in [2.05, 4.69) is 18.2 Å². The molecule has 0 amide bonds. The van der Waals surface area contributed by atoms with Crippen LogP contribution in [0.15, 0.2) is 24.3 Å². The van der Waals surface area contributed by atoms with Gasteiger partial charge in [0, 0.05) is 0 Å². The van der Waals surface area contributed by atoms with Gasteiger partial charge in [0.1, 0.15) is 0 Å². The molecule has 1 saturated carbocycles. The zero-order chi connectivity index (χ0) is 14.0. The van der Waals surface area contributed by atoms with Crippen LogP contribution in [-0.4, -0.2) is 15.8 Å². The molecule has 0 bridgehead atoms. The largest absolute Gasteiger partial charge is 0.390 e. The fourth-order valence-electron chi connectivity index (χ4n) is 4.13. The van der Waals surface area contributed by atoms with E-state index >= 15 is 0 Å². The van der Waals surface area contributed by atoms with Gasteiger partial charge in [-0.2, -0.15) is 0 Å². The normalized spacial score (nSPS) is 29.5. The molecule has 2 unspecified atom stereocenters. The number of aryl methyl sites for hydroxylation is 1. The van der Waals surface area contributed by atoms with E-state index in [1.165, 1.54) is 12.0 Å². The summed E-state index contributed by atoms with van der Waals surface area (Å²) in [5.41, 5.74) is 1.86. The number of aliphatic hydroxyl groups is 2. The molecular formula is C18H26O2. The summed E-state index contributed by atoms with van der Waals surface area (Å²) in [6.07, 6.45) is 8.91. The number of hydrogen-bond acceptors (Lipinski definition) is 2. The Morgan fingerprint density at radius 3 is 2.60 bits per heavy atom. The molecule has 0 aromatic heterocycles. The molecule has 2 atom stereocenters. The van der Waals surface area contributed by atoms with Gasteiger partial charge in [-0.15, -0.1) is 0 Å². The lowest BCUT2D eigenvalue weighted by molar-refractivity contribution is -0.0397. The van der Waals surface area contributed by atoms with Crippen LogP contribution in [0.4, 0.5) is 0 Å². The van der Waals surface area contributed by atoms with Gasteiger partial charge in [0.2, 0.25) is 0 Å². The third-order valence-electron chi connectivity index (χ3n) is 5.27. The minimum atomic E-state index is -0.525. The van der Waals surface area contributed by atoms with Crippen molar-refractivity contribution in [2.75, 3.05) is 0 Å². The molecular weight excluding hydrogens is 248 g/mol. The van der Waals surface area contributed by atoms with Crippen LogP contribution >= 0.6 is 0 Å². The van der Waals surface area contributed by atoms with Crippen molar-refractivity contribution in [1.29, 1.82) is 0 Å². The third-order valence-corrected chi connectivity index (χ3v) is 5.27. The van der Waals surface area contributed by atoms with Crippen molar-refractivity contribution in [3.8, 4) is 0 Å². The fourth-order valence-corrected chi connectivity index (χ4v) is 4.13. The van der Waals surface area contributed by atoms with Crippen LogP contribution < -0.4 is 0 Å². The second kappa shape index (κ2) is 5.87. The first-order valence-corrected chi connectivity index (χ1v) is 8.16. The highest BCUT2D eigenvalue weighted by Gasteiger charge is 2.36. The molecule has 0 radical (unpaired) electrons. The summed E-state index contributed by atoms with van der Waals surface area (Å²) >= 11 is 0. The molecule has 2 N–H and O–H groups in total. The lowest BCUT2D eigenvalue weighted by Gasteiger charge is -2.36. The molecule has 2 aliphatic carbocycles. The molecule has 2 nitrogen and oxygen atoms in total. The maximum atomic E-state index is 10.8. The van der Waals surface area contributed by atoms with Gasteiger partial charge in [-0.25, -0.2) is 0 Å². The summed E-state index contributed by atoms with van der Waals surface area (Å²) in [7, 11) is 0. The second-order valence-corrected chi connectivity index (χ2v) is 6.79. The Morgan fingerprint density at radius 2 is 1.80 bits per heavy atom. The fraction of sp³-hybridized carbons (Fsp3) is 0.667. The summed E-state index contributed by atoms with van der Waals surface area (Å²) < 4.78 is 0. The van der Waals surface area contributed by atoms with Crippen molar-refractivity contribution >= 4 is 0 Å². The first-order chi connectivity index (χ1) is 9.68. The highest BCUT2D eigenvalue weighted by molar-refractivity contribution is 5.30. The maximum Gasteiger partial charge on any atom is 0.0821 e. The van der Waals surface area contributed by atoms with E-state index in [0.717, 1.165) is 56.9 Å². The Labute approximate surface area is 121 Å². The van der Waals surface area contributed by atoms with Crippen molar-refractivity contribution in [3.05, 3.63) is 35.4 Å². The molecule has 1 fully saturated rings. The van der Waals surface area contributed by atoms with Gasteiger partial charge in [-0.1, -0.05) is 43.5 Å². The second-order valence-electron chi connectivity index (χ2n) is 6.79. The third kappa shape index (κ3) is 2.91. The average molecular weight is 274 g/mol. The maximum absolute atomic E-state index is 10.8. The summed E-state index contributed by atoms with van der Waals surface area (Å²) in [5, 5.41) is 21.5. The zero-order valence-corrected chi connectivity index (χ0v) is 12.2. The Morgan fingerprint density at radius 1 is 1.05 bits per heavy atom. The van der Waals surface area contributed by atoms with E-state index in [0.29, 0.717) is 0 Å². The highest BCUT2D eigenvalue weighted by atomic mass is 16.3. The monoisotopic (exact) mass is 274 g/mol. The lowest BCUT2D eigenvalue weighted by atomic mass is 9.76. The molecule has 1 aromatic carbocycles. The topological polar surface area (TPSA) is 40.5 Å². The van der Waals surface area contributed by atoms with Crippen molar-refractivity contribution in [2.45, 2.75) is 69.5 Å². The van der Waals surface area contributed by atoms with Gasteiger partial charge >= 0.3 is 0 Å². The standard InChI is InChI=1S/C18H26O2/c19-17-15(13-18(20)11-4-1-5-12-18)9-6-8-14-7-2-3-10-16(14)17/h2-3,7,10,15,17,19-20H,1,4-6,8-9,11-13H2. The minimum Gasteiger partial charge on any atom is -0.390 e. The molecule has 0 saturated heterocycles. The van der Waals surface area contributed by atoms with Crippen LogP contribution in [0.2, 0.25) is 0 Å². The first kappa shape index (κ1) is 14.1. The molecule has 1 aromatic rings. The number of benzene rings is 1. The molecule has 2 heteroatoms. The van der Waals surface area contributed by atoms with Crippen LogP contribution in [0.25, 0.3) is 0 Å². The van der Waals surface area contributed by atoms with Gasteiger partial charge in [-0.3, -0.25) is 0 Å². The van der Waals surface area contributed by atoms with Crippen LogP contribution in [0, 0.1) is 5.92 Å². The van der Waals surface area contributed by atoms with Gasteiger partial charge in [-0.05, 0) is 55.6 Å². The Kier molecular flexibility index (Phi) is 4.13. The molecule has 2 aliphatic rings. The van der Waals surface area contributed by atoms with E-state index in [1.807, 2.05) is 6.07 Å². The SMILES string of the molecule is OC1c2ccccc2CCCC1CC1(O)CCCCC1. The number of rotatable bonds is 2. The molecule has 20 heavy (non-hydrogen) atoms. The van der Waals surface area contributed by atoms with Crippen molar-refractivity contribution in [3.63, 3.8) is 0 Å². The quantitative estimate of drug-likeness (QED) is 0.806. The summed E-state index contributed by atoms with van der Waals surface area (Å²) in [5.74, 6) is 0.210. The van der Waals surface area contributed by atoms with Crippen molar-refractivity contribution < 1.29 is 10.2 Å². The number of fused-ring (bicyclic) bond motifs is 1. The molecule has 0 spiro atoms. The zero-order valence-electron chi connectivity index (χ0n) is 12.2. The van der Waals surface area contributed by atoms with E-state index in [-0.39, 0.29) is 5.92 Å². The molecule has 110 valence electrons. The van der Waals surface area contributed by atoms with Gasteiger partial charge in [0.05, 0.1) is 11.7 Å². The Bertz CT molecular complexity index is 448. The van der Waals surface area contributed by atoms with Crippen molar-refractivity contribution in [1.82, 2.24) is 0 Å². The Balaban J connectivity index is 1.77. The highest BCUT2D eigenvalue weighted by Crippen LogP contribution is 2.41. The summed E-state index contributed by atoms with van der Waals surface area (Å²) in [6, 6.07) is 8.26. The predicted molar refractivity (Wildman–Crippen MR) is 80.5 cm³/mol. The number of hydrogen-bond donors (Lipinski definition) is 2. The average Bonchev–Trinajstić information content (AvgIpc) is 2.60. The molecule has 0 heterocycles. The van der Waals surface area contributed by atoms with Gasteiger partial charge in [0.15, 0.2) is 0 Å². The summed E-state index contributed by atoms with van der Waals surface area (Å²) in [6.45, 7) is 0. The molecule has 3 rings (SSSR count). The molecule has 0 aliphatic heterocycles. The van der Waals surface area contributed by atoms with E-state index in [9.17, 15) is 10.2 Å². The lowest BCUT2D eigenvalue weighted by Crippen LogP contribution is -2.35. The Hall–Kier alpha value is -0.860. The summed E-state index contributed by atoms with van der Waals surface area (Å²) in [4.78, 5) is 0. The van der Waals surface area contributed by atoms with E-state index in [1.54, 1.807) is 0 Å². The van der Waals surface area contributed by atoms with Crippen LogP contribution in [0.1, 0.15) is 68.6 Å². The smallest absolute Gasteiger partial charge is 0.0821 e. The van der Waals surface area contributed by atoms with Crippen LogP contribution in [0.3, 0.4) is 0 Å². The minimum absolute atomic E-state index is 0.210. The van der Waals surface area contributed by atoms with Crippen LogP contribution in [0.5, 0.6) is 0 Å². The van der Waals surface area contributed by atoms with E-state index in [4.69, 9.17) is 0 Å². The van der Waals surface area contributed by atoms with E-state index < -0.39 is 11.7 Å². The first-order valence-electron chi connectivity index (χ1n) is 8.16. The predicted octanol–water partition coefficient (Wildman–Crippen LogP) is 3.76. The van der Waals surface area contributed by atoms with Gasteiger partial charge < -0.3 is 10.2 Å². The van der Waals surface area contributed by atoms with Crippen molar-refractivity contribution in [2.24, 2.45) is 5.92 Å². The number of aliphatic hydroxyl groups excluding tert-OH is 1. The van der Waals surface area contributed by atoms with Gasteiger partial charge in [0.25, 0.3) is 0 Å².